The molecular formula is C13H12ClFN6O3. The van der Waals surface area contributed by atoms with Gasteiger partial charge in [-0.2, -0.15) is 5.10 Å². The average molecular weight is 355 g/mol. The van der Waals surface area contributed by atoms with E-state index in [1.165, 1.54) is 25.1 Å². The van der Waals surface area contributed by atoms with Gasteiger partial charge >= 0.3 is 5.69 Å². The highest BCUT2D eigenvalue weighted by Gasteiger charge is 2.14. The van der Waals surface area contributed by atoms with E-state index in [9.17, 15) is 18.8 Å². The van der Waals surface area contributed by atoms with Crippen LogP contribution >= 0.6 is 11.6 Å². The number of aromatic nitrogens is 3. The third-order valence-electron chi connectivity index (χ3n) is 2.83. The summed E-state index contributed by atoms with van der Waals surface area (Å²) < 4.78 is 13.5. The predicted octanol–water partition coefficient (Wildman–Crippen LogP) is 0.201. The van der Waals surface area contributed by atoms with Gasteiger partial charge in [0.1, 0.15) is 11.9 Å². The van der Waals surface area contributed by atoms with Gasteiger partial charge in [0.15, 0.2) is 0 Å². The fraction of sp³-hybridized carbons (Fsp3) is 0.154. The maximum absolute atomic E-state index is 13.5. The SMILES string of the molecule is CC(Nc1n[nH]c(=O)[nH]c1=O)C(=O)N/N=C/c1c(F)cccc1Cl. The number of amides is 1. The zero-order valence-electron chi connectivity index (χ0n) is 12.3. The molecule has 0 spiro atoms. The average Bonchev–Trinajstić information content (AvgIpc) is 2.52. The number of nitrogens with one attached hydrogen (secondary N) is 4. The maximum atomic E-state index is 13.5. The van der Waals surface area contributed by atoms with E-state index in [1.807, 2.05) is 10.1 Å². The Kier molecular flexibility index (Phi) is 5.42. The molecule has 0 radical (unpaired) electrons. The van der Waals surface area contributed by atoms with Crippen LogP contribution in [0.1, 0.15) is 12.5 Å². The van der Waals surface area contributed by atoms with Gasteiger partial charge in [-0.25, -0.2) is 19.7 Å². The molecule has 24 heavy (non-hydrogen) atoms. The van der Waals surface area contributed by atoms with Gasteiger partial charge in [0, 0.05) is 5.56 Å². The second-order valence-corrected chi connectivity index (χ2v) is 5.00. The summed E-state index contributed by atoms with van der Waals surface area (Å²) in [4.78, 5) is 36.1. The van der Waals surface area contributed by atoms with E-state index < -0.39 is 29.0 Å². The smallest absolute Gasteiger partial charge is 0.342 e. The highest BCUT2D eigenvalue weighted by atomic mass is 35.5. The molecule has 126 valence electrons. The fourth-order valence-corrected chi connectivity index (χ4v) is 1.82. The Hall–Kier alpha value is -3.01. The number of carbonyl (C=O) groups is 1. The van der Waals surface area contributed by atoms with E-state index in [4.69, 9.17) is 11.6 Å². The van der Waals surface area contributed by atoms with E-state index in [1.54, 1.807) is 0 Å². The Bertz CT molecular complexity index is 874. The van der Waals surface area contributed by atoms with Crippen LogP contribution in [0, 0.1) is 5.82 Å². The van der Waals surface area contributed by atoms with Crippen molar-refractivity contribution in [3.63, 3.8) is 0 Å². The lowest BCUT2D eigenvalue weighted by molar-refractivity contribution is -0.121. The van der Waals surface area contributed by atoms with Crippen molar-refractivity contribution < 1.29 is 9.18 Å². The lowest BCUT2D eigenvalue weighted by atomic mass is 10.2. The molecule has 1 aromatic heterocycles. The van der Waals surface area contributed by atoms with Crippen molar-refractivity contribution in [3.8, 4) is 0 Å². The number of benzene rings is 1. The first-order valence-corrected chi connectivity index (χ1v) is 6.98. The number of hydrazone groups is 1. The minimum absolute atomic E-state index is 0.0267. The van der Waals surface area contributed by atoms with Crippen LogP contribution in [0.5, 0.6) is 0 Å². The van der Waals surface area contributed by atoms with Crippen molar-refractivity contribution >= 4 is 29.5 Å². The van der Waals surface area contributed by atoms with E-state index in [-0.39, 0.29) is 16.4 Å². The second kappa shape index (κ2) is 7.51. The highest BCUT2D eigenvalue weighted by Crippen LogP contribution is 2.16. The van der Waals surface area contributed by atoms with Crippen LogP contribution in [-0.2, 0) is 4.79 Å². The standard InChI is InChI=1S/C13H12ClFN6O3/c1-6(17-10-12(23)18-13(24)21-19-10)11(22)20-16-5-7-8(14)3-2-4-9(7)15/h2-6H,1H3,(H,17,19)(H,20,22)(H2,18,21,23,24)/b16-5+. The molecule has 0 aliphatic rings. The van der Waals surface area contributed by atoms with Crippen molar-refractivity contribution in [2.45, 2.75) is 13.0 Å². The number of H-pyrrole nitrogens is 2. The van der Waals surface area contributed by atoms with Crippen molar-refractivity contribution in [1.82, 2.24) is 20.6 Å². The largest absolute Gasteiger partial charge is 0.353 e. The minimum atomic E-state index is -0.905. The summed E-state index contributed by atoms with van der Waals surface area (Å²) in [7, 11) is 0. The third kappa shape index (κ3) is 4.26. The summed E-state index contributed by atoms with van der Waals surface area (Å²) in [5.41, 5.74) is 0.647. The van der Waals surface area contributed by atoms with Crippen LogP contribution in [0.15, 0.2) is 32.9 Å². The Morgan fingerprint density at radius 2 is 2.21 bits per heavy atom. The molecule has 1 atom stereocenters. The van der Waals surface area contributed by atoms with Gasteiger partial charge < -0.3 is 5.32 Å². The zero-order chi connectivity index (χ0) is 17.7. The number of rotatable bonds is 5. The molecule has 0 saturated carbocycles. The normalized spacial score (nSPS) is 12.1. The number of halogens is 2. The Morgan fingerprint density at radius 3 is 2.88 bits per heavy atom. The summed E-state index contributed by atoms with van der Waals surface area (Å²) in [6.45, 7) is 1.44. The summed E-state index contributed by atoms with van der Waals surface area (Å²) in [6, 6.07) is 3.21. The first-order valence-electron chi connectivity index (χ1n) is 6.61. The van der Waals surface area contributed by atoms with Crippen molar-refractivity contribution in [3.05, 3.63) is 55.4 Å². The van der Waals surface area contributed by atoms with E-state index in [0.29, 0.717) is 0 Å². The third-order valence-corrected chi connectivity index (χ3v) is 3.16. The van der Waals surface area contributed by atoms with Crippen molar-refractivity contribution in [2.75, 3.05) is 5.32 Å². The molecule has 1 unspecified atom stereocenters. The molecule has 0 bridgehead atoms. The van der Waals surface area contributed by atoms with Crippen molar-refractivity contribution in [1.29, 1.82) is 0 Å². The molecule has 11 heteroatoms. The molecule has 0 fully saturated rings. The molecule has 2 rings (SSSR count). The first kappa shape index (κ1) is 17.3. The van der Waals surface area contributed by atoms with Crippen molar-refractivity contribution in [2.24, 2.45) is 5.10 Å². The summed E-state index contributed by atoms with van der Waals surface area (Å²) in [5, 5.41) is 11.7. The molecular weight excluding hydrogens is 343 g/mol. The maximum Gasteiger partial charge on any atom is 0.342 e. The monoisotopic (exact) mass is 354 g/mol. The van der Waals surface area contributed by atoms with Gasteiger partial charge in [0.2, 0.25) is 5.82 Å². The van der Waals surface area contributed by atoms with Crippen LogP contribution < -0.4 is 22.0 Å². The van der Waals surface area contributed by atoms with Crippen LogP contribution in [-0.4, -0.2) is 33.3 Å². The summed E-state index contributed by atoms with van der Waals surface area (Å²) in [5.74, 6) is -1.44. The predicted molar refractivity (Wildman–Crippen MR) is 85.7 cm³/mol. The molecule has 1 amide bonds. The molecule has 0 aliphatic heterocycles. The van der Waals surface area contributed by atoms with Crippen LogP contribution in [0.25, 0.3) is 0 Å². The number of aromatic amines is 2. The Balaban J connectivity index is 2.00. The van der Waals surface area contributed by atoms with Gasteiger partial charge in [-0.05, 0) is 19.1 Å². The molecule has 9 nitrogen and oxygen atoms in total. The number of nitrogens with zero attached hydrogens (tertiary/aromatic N) is 2. The van der Waals surface area contributed by atoms with Crippen LogP contribution in [0.2, 0.25) is 5.02 Å². The molecule has 1 heterocycles. The highest BCUT2D eigenvalue weighted by molar-refractivity contribution is 6.33. The quantitative estimate of drug-likeness (QED) is 0.450. The number of carbonyl (C=O) groups excluding carboxylic acids is 1. The number of anilines is 1. The van der Waals surface area contributed by atoms with Crippen LogP contribution in [0.3, 0.4) is 0 Å². The van der Waals surface area contributed by atoms with E-state index in [2.05, 4.69) is 20.9 Å². The Labute approximate surface area is 138 Å². The number of hydrogen-bond donors (Lipinski definition) is 4. The fourth-order valence-electron chi connectivity index (χ4n) is 1.61. The van der Waals surface area contributed by atoms with Gasteiger partial charge in [0.25, 0.3) is 11.5 Å². The van der Waals surface area contributed by atoms with Gasteiger partial charge in [-0.3, -0.25) is 14.6 Å². The second-order valence-electron chi connectivity index (χ2n) is 4.59. The molecule has 0 saturated heterocycles. The Morgan fingerprint density at radius 1 is 1.46 bits per heavy atom. The van der Waals surface area contributed by atoms with Gasteiger partial charge in [-0.1, -0.05) is 17.7 Å². The number of hydrogen-bond acceptors (Lipinski definition) is 6. The van der Waals surface area contributed by atoms with E-state index >= 15 is 0 Å². The molecule has 2 aromatic rings. The van der Waals surface area contributed by atoms with Gasteiger partial charge in [-0.15, -0.1) is 5.10 Å². The molecule has 0 aliphatic carbocycles. The van der Waals surface area contributed by atoms with Gasteiger partial charge in [0.05, 0.1) is 11.2 Å². The molecule has 1 aromatic carbocycles. The lowest BCUT2D eigenvalue weighted by Gasteiger charge is -2.11. The van der Waals surface area contributed by atoms with Crippen LogP contribution in [0.4, 0.5) is 10.2 Å². The summed E-state index contributed by atoms with van der Waals surface area (Å²) in [6.07, 6.45) is 1.06. The lowest BCUT2D eigenvalue weighted by Crippen LogP contribution is -2.38. The summed E-state index contributed by atoms with van der Waals surface area (Å²) >= 11 is 5.81. The zero-order valence-corrected chi connectivity index (χ0v) is 13.0. The van der Waals surface area contributed by atoms with E-state index in [0.717, 1.165) is 6.21 Å². The minimum Gasteiger partial charge on any atom is -0.353 e. The molecule has 4 N–H and O–H groups in total. The topological polar surface area (TPSA) is 132 Å². The first-order chi connectivity index (χ1) is 11.4.